The molecule has 1 saturated heterocycles. The predicted molar refractivity (Wildman–Crippen MR) is 96.2 cm³/mol. The quantitative estimate of drug-likeness (QED) is 0.554. The monoisotopic (exact) mass is 343 g/mol. The molecule has 6 heteroatoms. The van der Waals surface area contributed by atoms with Crippen molar-refractivity contribution in [3.8, 4) is 0 Å². The molecule has 0 saturated carbocycles. The first kappa shape index (κ1) is 17.5. The Hall–Kier alpha value is -2.31. The van der Waals surface area contributed by atoms with Crippen LogP contribution in [0.2, 0.25) is 0 Å². The lowest BCUT2D eigenvalue weighted by Crippen LogP contribution is -2.46. The lowest BCUT2D eigenvalue weighted by molar-refractivity contribution is 0.0820. The van der Waals surface area contributed by atoms with Gasteiger partial charge in [0.05, 0.1) is 19.4 Å². The number of furan rings is 1. The van der Waals surface area contributed by atoms with Crippen LogP contribution in [-0.4, -0.2) is 36.9 Å². The Labute approximate surface area is 147 Å². The topological polar surface area (TPSA) is 79.0 Å². The molecule has 3 N–H and O–H groups in total. The van der Waals surface area contributed by atoms with Crippen LogP contribution in [0.1, 0.15) is 30.3 Å². The smallest absolute Gasteiger partial charge is 0.191 e. The zero-order valence-electron chi connectivity index (χ0n) is 14.2. The van der Waals surface area contributed by atoms with Crippen molar-refractivity contribution >= 4 is 5.96 Å². The van der Waals surface area contributed by atoms with Crippen LogP contribution in [0.5, 0.6) is 0 Å². The maximum atomic E-state index is 10.2. The molecule has 1 fully saturated rings. The van der Waals surface area contributed by atoms with Crippen LogP contribution in [0, 0.1) is 0 Å². The normalized spacial score (nSPS) is 17.2. The molecular formula is C19H25N3O3. The number of nitrogens with one attached hydrogen (secondary N) is 2. The molecule has 1 atom stereocenters. The number of hydrogen-bond donors (Lipinski definition) is 3. The van der Waals surface area contributed by atoms with E-state index in [1.807, 2.05) is 30.3 Å². The summed E-state index contributed by atoms with van der Waals surface area (Å²) in [5.74, 6) is 1.24. The second-order valence-corrected chi connectivity index (χ2v) is 6.09. The molecule has 1 aliphatic heterocycles. The van der Waals surface area contributed by atoms with E-state index in [1.54, 1.807) is 18.4 Å². The van der Waals surface area contributed by atoms with Gasteiger partial charge in [0.25, 0.3) is 0 Å². The van der Waals surface area contributed by atoms with Gasteiger partial charge in [-0.2, -0.15) is 0 Å². The molecule has 1 unspecified atom stereocenters. The van der Waals surface area contributed by atoms with Crippen molar-refractivity contribution in [1.29, 1.82) is 0 Å². The van der Waals surface area contributed by atoms with Crippen molar-refractivity contribution in [2.75, 3.05) is 19.8 Å². The summed E-state index contributed by atoms with van der Waals surface area (Å²) >= 11 is 0. The Morgan fingerprint density at radius 3 is 2.68 bits per heavy atom. The van der Waals surface area contributed by atoms with Gasteiger partial charge in [-0.1, -0.05) is 30.3 Å². The Morgan fingerprint density at radius 2 is 1.96 bits per heavy atom. The highest BCUT2D eigenvalue weighted by molar-refractivity contribution is 5.80. The van der Waals surface area contributed by atoms with Gasteiger partial charge in [-0.3, -0.25) is 0 Å². The van der Waals surface area contributed by atoms with E-state index in [9.17, 15) is 5.11 Å². The number of benzene rings is 1. The molecule has 0 spiro atoms. The van der Waals surface area contributed by atoms with E-state index in [2.05, 4.69) is 15.6 Å². The molecule has 0 bridgehead atoms. The molecule has 0 radical (unpaired) electrons. The summed E-state index contributed by atoms with van der Waals surface area (Å²) in [5, 5.41) is 16.8. The van der Waals surface area contributed by atoms with Crippen molar-refractivity contribution in [2.24, 2.45) is 4.99 Å². The van der Waals surface area contributed by atoms with Gasteiger partial charge in [0, 0.05) is 19.3 Å². The van der Waals surface area contributed by atoms with E-state index in [0.717, 1.165) is 31.6 Å². The van der Waals surface area contributed by atoms with Crippen molar-refractivity contribution in [2.45, 2.75) is 31.5 Å². The first-order valence-corrected chi connectivity index (χ1v) is 8.69. The van der Waals surface area contributed by atoms with Crippen LogP contribution in [0.25, 0.3) is 0 Å². The summed E-state index contributed by atoms with van der Waals surface area (Å²) in [5.41, 5.74) is 1.14. The fraction of sp³-hybridized carbons (Fsp3) is 0.421. The fourth-order valence-corrected chi connectivity index (χ4v) is 2.72. The van der Waals surface area contributed by atoms with Gasteiger partial charge in [0.15, 0.2) is 5.96 Å². The van der Waals surface area contributed by atoms with Crippen LogP contribution in [0.3, 0.4) is 0 Å². The Morgan fingerprint density at radius 1 is 1.16 bits per heavy atom. The number of guanidine groups is 1. The van der Waals surface area contributed by atoms with Crippen molar-refractivity contribution in [3.63, 3.8) is 0 Å². The summed E-state index contributed by atoms with van der Waals surface area (Å²) in [4.78, 5) is 4.65. The number of hydrogen-bond acceptors (Lipinski definition) is 4. The number of ether oxygens (including phenoxy) is 1. The van der Waals surface area contributed by atoms with Gasteiger partial charge in [-0.15, -0.1) is 0 Å². The molecule has 1 aromatic heterocycles. The van der Waals surface area contributed by atoms with E-state index in [1.165, 1.54) is 0 Å². The average Bonchev–Trinajstić information content (AvgIpc) is 3.20. The Bertz CT molecular complexity index is 637. The molecule has 2 heterocycles. The predicted octanol–water partition coefficient (Wildman–Crippen LogP) is 2.23. The number of aliphatic hydroxyl groups excluding tert-OH is 1. The number of aliphatic hydroxyl groups is 1. The van der Waals surface area contributed by atoms with Crippen molar-refractivity contribution in [1.82, 2.24) is 10.6 Å². The minimum Gasteiger partial charge on any atom is -0.467 e. The molecule has 1 aliphatic rings. The number of nitrogens with zero attached hydrogens (tertiary/aromatic N) is 1. The molecule has 25 heavy (non-hydrogen) atoms. The summed E-state index contributed by atoms with van der Waals surface area (Å²) in [6, 6.07) is 14.0. The minimum absolute atomic E-state index is 0.330. The van der Waals surface area contributed by atoms with Gasteiger partial charge in [0.2, 0.25) is 0 Å². The first-order chi connectivity index (χ1) is 12.3. The summed E-state index contributed by atoms with van der Waals surface area (Å²) < 4.78 is 10.6. The van der Waals surface area contributed by atoms with Crippen LogP contribution >= 0.6 is 0 Å². The lowest BCUT2D eigenvalue weighted by Gasteiger charge is -2.25. The van der Waals surface area contributed by atoms with E-state index >= 15 is 0 Å². The maximum absolute atomic E-state index is 10.2. The highest BCUT2D eigenvalue weighted by Gasteiger charge is 2.16. The highest BCUT2D eigenvalue weighted by Crippen LogP contribution is 2.12. The van der Waals surface area contributed by atoms with Crippen molar-refractivity contribution in [3.05, 3.63) is 60.1 Å². The molecule has 2 aromatic rings. The SMILES string of the molecule is OC(CNC(=NCc1ccccc1)NC1CCOCC1)c1ccco1. The second kappa shape index (κ2) is 9.25. The zero-order valence-corrected chi connectivity index (χ0v) is 14.2. The van der Waals surface area contributed by atoms with E-state index < -0.39 is 6.10 Å². The lowest BCUT2D eigenvalue weighted by atomic mass is 10.1. The third-order valence-electron chi connectivity index (χ3n) is 4.16. The summed E-state index contributed by atoms with van der Waals surface area (Å²) in [6.45, 7) is 2.44. The standard InChI is InChI=1S/C19H25N3O3/c23-17(18-7-4-10-25-18)14-21-19(22-16-8-11-24-12-9-16)20-13-15-5-2-1-3-6-15/h1-7,10,16-17,23H,8-9,11-14H2,(H2,20,21,22). The van der Waals surface area contributed by atoms with Crippen LogP contribution < -0.4 is 10.6 Å². The van der Waals surface area contributed by atoms with Gasteiger partial charge >= 0.3 is 0 Å². The molecule has 0 amide bonds. The maximum Gasteiger partial charge on any atom is 0.191 e. The molecule has 6 nitrogen and oxygen atoms in total. The van der Waals surface area contributed by atoms with Gasteiger partial charge < -0.3 is 24.9 Å². The van der Waals surface area contributed by atoms with E-state index in [4.69, 9.17) is 9.15 Å². The number of aliphatic imine (C=N–C) groups is 1. The van der Waals surface area contributed by atoms with E-state index in [-0.39, 0.29) is 0 Å². The molecule has 3 rings (SSSR count). The molecular weight excluding hydrogens is 318 g/mol. The molecule has 1 aromatic carbocycles. The van der Waals surface area contributed by atoms with Crippen LogP contribution in [0.4, 0.5) is 0 Å². The van der Waals surface area contributed by atoms with Crippen molar-refractivity contribution < 1.29 is 14.3 Å². The van der Waals surface area contributed by atoms with Gasteiger partial charge in [0.1, 0.15) is 11.9 Å². The van der Waals surface area contributed by atoms with Crippen LogP contribution in [-0.2, 0) is 11.3 Å². The molecule has 0 aliphatic carbocycles. The van der Waals surface area contributed by atoms with Crippen LogP contribution in [0.15, 0.2) is 58.1 Å². The Kier molecular flexibility index (Phi) is 6.48. The molecule has 134 valence electrons. The third-order valence-corrected chi connectivity index (χ3v) is 4.16. The fourth-order valence-electron chi connectivity index (χ4n) is 2.72. The first-order valence-electron chi connectivity index (χ1n) is 8.69. The largest absolute Gasteiger partial charge is 0.467 e. The minimum atomic E-state index is -0.714. The average molecular weight is 343 g/mol. The summed E-state index contributed by atoms with van der Waals surface area (Å²) in [7, 11) is 0. The summed E-state index contributed by atoms with van der Waals surface area (Å²) in [6.07, 6.45) is 2.75. The second-order valence-electron chi connectivity index (χ2n) is 6.09. The highest BCUT2D eigenvalue weighted by atomic mass is 16.5. The van der Waals surface area contributed by atoms with Gasteiger partial charge in [-0.25, -0.2) is 4.99 Å². The van der Waals surface area contributed by atoms with Gasteiger partial charge in [-0.05, 0) is 30.5 Å². The third kappa shape index (κ3) is 5.62. The number of rotatable bonds is 6. The Balaban J connectivity index is 1.60. The zero-order chi connectivity index (χ0) is 17.3. The van der Waals surface area contributed by atoms with E-state index in [0.29, 0.717) is 30.9 Å².